The minimum atomic E-state index is -0.361. The number of rotatable bonds is 12. The van der Waals surface area contributed by atoms with Gasteiger partial charge in [0, 0.05) is 42.8 Å². The van der Waals surface area contributed by atoms with E-state index in [0.29, 0.717) is 23.5 Å². The number of allylic oxidation sites excluding steroid dienone is 3. The maximum absolute atomic E-state index is 12.6. The Morgan fingerprint density at radius 1 is 1.12 bits per heavy atom. The summed E-state index contributed by atoms with van der Waals surface area (Å²) in [6.45, 7) is 8.92. The predicted molar refractivity (Wildman–Crippen MR) is 170 cm³/mol. The van der Waals surface area contributed by atoms with Crippen molar-refractivity contribution in [2.75, 3.05) is 32.6 Å². The molecule has 0 saturated heterocycles. The lowest BCUT2D eigenvalue weighted by Gasteiger charge is -2.12. The lowest BCUT2D eigenvalue weighted by atomic mass is 9.99. The Labute approximate surface area is 251 Å². The summed E-state index contributed by atoms with van der Waals surface area (Å²) in [5, 5.41) is 5.46. The predicted octanol–water partition coefficient (Wildman–Crippen LogP) is 5.66. The highest BCUT2D eigenvalue weighted by molar-refractivity contribution is 5.98. The molecule has 0 aliphatic heterocycles. The maximum atomic E-state index is 12.6. The van der Waals surface area contributed by atoms with E-state index in [1.807, 2.05) is 76.5 Å². The summed E-state index contributed by atoms with van der Waals surface area (Å²) in [6, 6.07) is 9.54. The number of anilines is 1. The molecule has 3 heterocycles. The van der Waals surface area contributed by atoms with Gasteiger partial charge in [0.1, 0.15) is 6.61 Å². The molecule has 0 saturated carbocycles. The van der Waals surface area contributed by atoms with Gasteiger partial charge < -0.3 is 19.9 Å². The number of aromatic amines is 1. The van der Waals surface area contributed by atoms with Crippen molar-refractivity contribution in [2.24, 2.45) is 0 Å². The minimum Gasteiger partial charge on any atom is -0.461 e. The van der Waals surface area contributed by atoms with E-state index < -0.39 is 0 Å². The zero-order valence-corrected chi connectivity index (χ0v) is 25.0. The minimum absolute atomic E-state index is 0.0722. The average Bonchev–Trinajstić information content (AvgIpc) is 3.39. The van der Waals surface area contributed by atoms with Crippen LogP contribution < -0.4 is 10.6 Å². The van der Waals surface area contributed by atoms with Crippen molar-refractivity contribution in [3.05, 3.63) is 96.5 Å². The number of fused-ring (bicyclic) bond motifs is 1. The van der Waals surface area contributed by atoms with Gasteiger partial charge >= 0.3 is 12.0 Å². The van der Waals surface area contributed by atoms with Crippen LogP contribution in [0.15, 0.2) is 85.4 Å². The van der Waals surface area contributed by atoms with Crippen LogP contribution in [-0.2, 0) is 22.5 Å². The molecule has 222 valence electrons. The highest BCUT2D eigenvalue weighted by Crippen LogP contribution is 2.33. The van der Waals surface area contributed by atoms with E-state index in [-0.39, 0.29) is 25.0 Å². The van der Waals surface area contributed by atoms with Gasteiger partial charge in [-0.05, 0) is 80.5 Å². The molecule has 0 bridgehead atoms. The Bertz CT molecular complexity index is 1670. The molecule has 0 aliphatic rings. The summed E-state index contributed by atoms with van der Waals surface area (Å²) >= 11 is 0. The van der Waals surface area contributed by atoms with E-state index in [2.05, 4.69) is 42.0 Å². The molecule has 2 amide bonds. The monoisotopic (exact) mass is 579 g/mol. The molecule has 1 aromatic carbocycles. The summed E-state index contributed by atoms with van der Waals surface area (Å²) in [5.41, 5.74) is 7.22. The van der Waals surface area contributed by atoms with Crippen molar-refractivity contribution in [3.8, 4) is 22.4 Å². The highest BCUT2D eigenvalue weighted by Gasteiger charge is 2.16. The topological polar surface area (TPSA) is 125 Å². The Morgan fingerprint density at radius 3 is 2.70 bits per heavy atom. The second-order valence-corrected chi connectivity index (χ2v) is 10.2. The lowest BCUT2D eigenvalue weighted by Crippen LogP contribution is -2.28. The van der Waals surface area contributed by atoms with Gasteiger partial charge in [0.25, 0.3) is 0 Å². The summed E-state index contributed by atoms with van der Waals surface area (Å²) in [4.78, 5) is 43.9. The number of ether oxygens (including phenoxy) is 1. The Morgan fingerprint density at radius 2 is 1.95 bits per heavy atom. The van der Waals surface area contributed by atoms with Crippen LogP contribution >= 0.6 is 0 Å². The number of amides is 2. The van der Waals surface area contributed by atoms with E-state index in [0.717, 1.165) is 45.6 Å². The van der Waals surface area contributed by atoms with E-state index in [1.54, 1.807) is 24.7 Å². The summed E-state index contributed by atoms with van der Waals surface area (Å²) in [7, 11) is 4.03. The van der Waals surface area contributed by atoms with Crippen LogP contribution in [0, 0.1) is 0 Å². The van der Waals surface area contributed by atoms with Gasteiger partial charge in [-0.2, -0.15) is 0 Å². The summed E-state index contributed by atoms with van der Waals surface area (Å²) in [5.74, 6) is -0.0411. The molecule has 43 heavy (non-hydrogen) atoms. The second-order valence-electron chi connectivity index (χ2n) is 10.2. The molecule has 0 radical (unpaired) electrons. The third-order valence-electron chi connectivity index (χ3n) is 6.40. The largest absolute Gasteiger partial charge is 0.461 e. The van der Waals surface area contributed by atoms with Crippen LogP contribution in [0.25, 0.3) is 33.4 Å². The number of imidazole rings is 1. The molecular weight excluding hydrogens is 542 g/mol. The first-order valence-corrected chi connectivity index (χ1v) is 14.0. The number of hydrogen-bond acceptors (Lipinski definition) is 7. The number of esters is 1. The van der Waals surface area contributed by atoms with Gasteiger partial charge in [-0.1, -0.05) is 30.9 Å². The van der Waals surface area contributed by atoms with Crippen molar-refractivity contribution in [3.63, 3.8) is 0 Å². The van der Waals surface area contributed by atoms with Crippen LogP contribution in [0.5, 0.6) is 0 Å². The third kappa shape index (κ3) is 8.46. The van der Waals surface area contributed by atoms with Crippen molar-refractivity contribution in [1.29, 1.82) is 0 Å². The van der Waals surface area contributed by atoms with E-state index in [9.17, 15) is 9.59 Å². The molecular formula is C33H37N7O3. The number of nitrogens with zero attached hydrogens (tertiary/aromatic N) is 4. The number of H-pyrrole nitrogens is 1. The quantitative estimate of drug-likeness (QED) is 0.146. The molecule has 0 fully saturated rings. The molecule has 4 rings (SSSR count). The van der Waals surface area contributed by atoms with Crippen LogP contribution in [0.4, 0.5) is 10.7 Å². The molecule has 4 aromatic rings. The zero-order valence-electron chi connectivity index (χ0n) is 25.0. The molecule has 3 N–H and O–H groups in total. The number of pyridine rings is 2. The summed E-state index contributed by atoms with van der Waals surface area (Å²) < 4.78 is 5.46. The number of hydrogen-bond donors (Lipinski definition) is 3. The number of benzene rings is 1. The van der Waals surface area contributed by atoms with E-state index in [1.165, 1.54) is 0 Å². The average molecular weight is 580 g/mol. The van der Waals surface area contributed by atoms with Gasteiger partial charge in [-0.15, -0.1) is 0 Å². The van der Waals surface area contributed by atoms with Gasteiger partial charge in [-0.25, -0.2) is 9.78 Å². The highest BCUT2D eigenvalue weighted by atomic mass is 16.5. The van der Waals surface area contributed by atoms with Crippen molar-refractivity contribution in [1.82, 2.24) is 30.2 Å². The van der Waals surface area contributed by atoms with Gasteiger partial charge in [0.15, 0.2) is 0 Å². The van der Waals surface area contributed by atoms with Gasteiger partial charge in [0.2, 0.25) is 5.95 Å². The number of nitrogens with one attached hydrogen (secondary N) is 3. The lowest BCUT2D eigenvalue weighted by molar-refractivity contribution is -0.141. The Hall–Kier alpha value is -5.09. The summed E-state index contributed by atoms with van der Waals surface area (Å²) in [6.07, 6.45) is 12.5. The molecule has 10 nitrogen and oxygen atoms in total. The number of urea groups is 1. The van der Waals surface area contributed by atoms with Gasteiger partial charge in [0.05, 0.1) is 23.1 Å². The number of carbonyl (C=O) groups is 2. The Kier molecular flexibility index (Phi) is 10.5. The first-order valence-electron chi connectivity index (χ1n) is 14.0. The number of carbonyl (C=O) groups excluding carboxylic acids is 2. The molecule has 0 aliphatic carbocycles. The third-order valence-corrected chi connectivity index (χ3v) is 6.40. The fraction of sp³-hybridized carbons (Fsp3) is 0.242. The van der Waals surface area contributed by atoms with Crippen LogP contribution in [0.3, 0.4) is 0 Å². The smallest absolute Gasteiger partial charge is 0.321 e. The SMILES string of the molecule is C=C/C(=C\C=C/C)COC(=O)Cc1cncc(-c2cc(-c3cc(CN(C)C)ccn3)c3nc(NC(=O)NCC)[nH]c3c2)c1. The van der Waals surface area contributed by atoms with Gasteiger partial charge in [-0.3, -0.25) is 20.1 Å². The maximum Gasteiger partial charge on any atom is 0.321 e. The van der Waals surface area contributed by atoms with Crippen molar-refractivity contribution >= 4 is 29.0 Å². The fourth-order valence-corrected chi connectivity index (χ4v) is 4.45. The molecule has 0 spiro atoms. The normalized spacial score (nSPS) is 11.7. The fourth-order valence-electron chi connectivity index (χ4n) is 4.45. The standard InChI is InChI=1S/C33H37N7O3/c1-6-9-10-22(7-2)21-43-30(41)15-24-13-26(19-34-18-24)25-16-27(28-14-23(11-12-36-28)20-40(4)5)31-29(17-25)37-32(38-31)39-33(42)35-8-3/h6-7,9-14,16-19H,2,8,15,20-21H2,1,3-5H3,(H3,35,37,38,39,42)/b9-6-,22-10+. The molecule has 3 aromatic heterocycles. The van der Waals surface area contributed by atoms with Crippen LogP contribution in [0.1, 0.15) is 25.0 Å². The van der Waals surface area contributed by atoms with Crippen LogP contribution in [0.2, 0.25) is 0 Å². The van der Waals surface area contributed by atoms with Crippen molar-refractivity contribution < 1.29 is 14.3 Å². The second kappa shape index (κ2) is 14.7. The first kappa shape index (κ1) is 30.9. The van der Waals surface area contributed by atoms with E-state index in [4.69, 9.17) is 4.74 Å². The molecule has 0 unspecified atom stereocenters. The molecule has 0 atom stereocenters. The zero-order chi connectivity index (χ0) is 30.8. The van der Waals surface area contributed by atoms with E-state index >= 15 is 0 Å². The first-order chi connectivity index (χ1) is 20.8. The molecule has 10 heteroatoms. The van der Waals surface area contributed by atoms with Crippen LogP contribution in [-0.4, -0.2) is 64.1 Å². The number of aromatic nitrogens is 4. The Balaban J connectivity index is 1.68. The van der Waals surface area contributed by atoms with Crippen molar-refractivity contribution in [2.45, 2.75) is 26.8 Å².